The Labute approximate surface area is 179 Å². The van der Waals surface area contributed by atoms with Gasteiger partial charge >= 0.3 is 0 Å². The van der Waals surface area contributed by atoms with Crippen molar-refractivity contribution in [2.45, 2.75) is 17.7 Å². The second kappa shape index (κ2) is 8.97. The van der Waals surface area contributed by atoms with Crippen molar-refractivity contribution in [2.24, 2.45) is 5.92 Å². The van der Waals surface area contributed by atoms with E-state index in [1.807, 2.05) is 5.43 Å². The van der Waals surface area contributed by atoms with E-state index in [1.165, 1.54) is 24.3 Å². The second-order valence-corrected chi connectivity index (χ2v) is 9.09. The van der Waals surface area contributed by atoms with E-state index in [2.05, 4.69) is 0 Å². The van der Waals surface area contributed by atoms with Gasteiger partial charge in [-0.2, -0.15) is 4.31 Å². The fourth-order valence-corrected chi connectivity index (χ4v) is 4.72. The summed E-state index contributed by atoms with van der Waals surface area (Å²) in [6.07, 6.45) is 0.560. The number of nitrogens with one attached hydrogen (secondary N) is 2. The summed E-state index contributed by atoms with van der Waals surface area (Å²) in [6, 6.07) is 5.42. The predicted molar refractivity (Wildman–Crippen MR) is 101 cm³/mol. The van der Waals surface area contributed by atoms with Crippen LogP contribution < -0.4 is 10.9 Å². The van der Waals surface area contributed by atoms with Gasteiger partial charge in [-0.25, -0.2) is 30.4 Å². The van der Waals surface area contributed by atoms with Crippen molar-refractivity contribution >= 4 is 33.2 Å². The first-order valence-electron chi connectivity index (χ1n) is 8.87. The van der Waals surface area contributed by atoms with Crippen molar-refractivity contribution in [3.8, 4) is 0 Å². The predicted octanol–water partition coefficient (Wildman–Crippen LogP) is 3.58. The van der Waals surface area contributed by atoms with Gasteiger partial charge in [-0.05, 0) is 37.1 Å². The number of piperidine rings is 1. The van der Waals surface area contributed by atoms with Crippen molar-refractivity contribution in [2.75, 3.05) is 18.5 Å². The Hall–Kier alpha value is -2.44. The first kappa shape index (κ1) is 23.2. The molecule has 1 fully saturated rings. The summed E-state index contributed by atoms with van der Waals surface area (Å²) >= 11 is 5.76. The maximum absolute atomic E-state index is 13.7. The number of carbonyl (C=O) groups is 1. The molecule has 31 heavy (non-hydrogen) atoms. The molecule has 0 radical (unpaired) electrons. The number of hydrogen-bond acceptors (Lipinski definition) is 4. The molecule has 0 saturated carbocycles. The topological polar surface area (TPSA) is 78.5 Å². The van der Waals surface area contributed by atoms with Gasteiger partial charge in [0.05, 0.1) is 10.8 Å². The molecular weight excluding hydrogens is 469 g/mol. The van der Waals surface area contributed by atoms with Gasteiger partial charge in [-0.1, -0.05) is 11.6 Å². The van der Waals surface area contributed by atoms with Gasteiger partial charge in [-0.3, -0.25) is 15.6 Å². The van der Waals surface area contributed by atoms with E-state index in [4.69, 9.17) is 11.6 Å². The van der Waals surface area contributed by atoms with Crippen molar-refractivity contribution < 1.29 is 35.2 Å². The maximum atomic E-state index is 13.7. The molecule has 2 aromatic rings. The fourth-order valence-electron chi connectivity index (χ4n) is 3.07. The first-order valence-corrected chi connectivity index (χ1v) is 10.7. The minimum atomic E-state index is -3.93. The van der Waals surface area contributed by atoms with Crippen LogP contribution in [-0.4, -0.2) is 31.7 Å². The van der Waals surface area contributed by atoms with Crippen LogP contribution in [0.15, 0.2) is 29.2 Å². The van der Waals surface area contributed by atoms with Crippen molar-refractivity contribution in [3.63, 3.8) is 0 Å². The van der Waals surface area contributed by atoms with Crippen molar-refractivity contribution in [1.82, 2.24) is 9.73 Å². The van der Waals surface area contributed by atoms with E-state index in [9.17, 15) is 35.2 Å². The van der Waals surface area contributed by atoms with E-state index >= 15 is 0 Å². The maximum Gasteiger partial charge on any atom is 0.243 e. The number of hydrogen-bond donors (Lipinski definition) is 2. The number of rotatable bonds is 5. The van der Waals surface area contributed by atoms with Crippen LogP contribution in [0, 0.1) is 35.0 Å². The first-order chi connectivity index (χ1) is 14.5. The van der Waals surface area contributed by atoms with Crippen LogP contribution in [0.3, 0.4) is 0 Å². The summed E-state index contributed by atoms with van der Waals surface area (Å²) in [5.74, 6) is -12.8. The Morgan fingerprint density at radius 1 is 0.968 bits per heavy atom. The molecule has 1 saturated heterocycles. The highest BCUT2D eigenvalue weighted by molar-refractivity contribution is 7.89. The third-order valence-electron chi connectivity index (χ3n) is 4.73. The molecule has 0 aliphatic carbocycles. The van der Waals surface area contributed by atoms with Gasteiger partial charge in [0, 0.05) is 18.1 Å². The number of amides is 1. The molecule has 3 rings (SSSR count). The zero-order valence-corrected chi connectivity index (χ0v) is 17.1. The number of nitrogens with zero attached hydrogens (tertiary/aromatic N) is 1. The number of anilines is 1. The lowest BCUT2D eigenvalue weighted by Gasteiger charge is -2.31. The lowest BCUT2D eigenvalue weighted by Crippen LogP contribution is -2.46. The molecule has 1 aliphatic rings. The third-order valence-corrected chi connectivity index (χ3v) is 6.86. The van der Waals surface area contributed by atoms with E-state index in [0.29, 0.717) is 11.4 Å². The molecule has 0 aromatic heterocycles. The molecule has 1 atom stereocenters. The summed E-state index contributed by atoms with van der Waals surface area (Å²) in [4.78, 5) is 12.3. The van der Waals surface area contributed by atoms with Gasteiger partial charge < -0.3 is 0 Å². The monoisotopic (exact) mass is 483 g/mol. The molecule has 2 aromatic carbocycles. The summed E-state index contributed by atoms with van der Waals surface area (Å²) in [6.45, 7) is -0.102. The van der Waals surface area contributed by atoms with Crippen molar-refractivity contribution in [1.29, 1.82) is 0 Å². The number of hydrazine groups is 1. The number of halogens is 6. The molecule has 1 unspecified atom stereocenters. The number of benzene rings is 2. The molecule has 6 nitrogen and oxygen atoms in total. The zero-order valence-electron chi connectivity index (χ0n) is 15.6. The highest BCUT2D eigenvalue weighted by Gasteiger charge is 2.34. The van der Waals surface area contributed by atoms with E-state index < -0.39 is 56.6 Å². The minimum Gasteiger partial charge on any atom is -0.293 e. The molecule has 0 bridgehead atoms. The lowest BCUT2D eigenvalue weighted by atomic mass is 9.99. The summed E-state index contributed by atoms with van der Waals surface area (Å²) in [5.41, 5.74) is 2.15. The summed E-state index contributed by atoms with van der Waals surface area (Å²) in [7, 11) is -3.93. The Morgan fingerprint density at radius 3 is 2.10 bits per heavy atom. The van der Waals surface area contributed by atoms with Gasteiger partial charge in [0.25, 0.3) is 0 Å². The highest BCUT2D eigenvalue weighted by atomic mass is 35.5. The van der Waals surface area contributed by atoms with Gasteiger partial charge in [0.2, 0.25) is 21.7 Å². The molecule has 1 amide bonds. The largest absolute Gasteiger partial charge is 0.293 e. The molecular formula is C18H15ClF5N3O3S. The zero-order chi connectivity index (χ0) is 22.9. The van der Waals surface area contributed by atoms with Crippen LogP contribution in [0.1, 0.15) is 12.8 Å². The Kier molecular flexibility index (Phi) is 6.72. The summed E-state index contributed by atoms with van der Waals surface area (Å²) in [5, 5.41) is 0.342. The molecule has 168 valence electrons. The number of carbonyl (C=O) groups excluding carboxylic acids is 1. The van der Waals surface area contributed by atoms with Crippen molar-refractivity contribution in [3.05, 3.63) is 58.4 Å². The summed E-state index contributed by atoms with van der Waals surface area (Å²) < 4.78 is 93.6. The smallest absolute Gasteiger partial charge is 0.243 e. The fraction of sp³-hybridized carbons (Fsp3) is 0.278. The normalized spacial score (nSPS) is 17.4. The Morgan fingerprint density at radius 2 is 1.52 bits per heavy atom. The molecule has 0 spiro atoms. The molecule has 1 aliphatic heterocycles. The Balaban J connectivity index is 1.72. The second-order valence-electron chi connectivity index (χ2n) is 6.72. The lowest BCUT2D eigenvalue weighted by molar-refractivity contribution is -0.125. The molecule has 2 N–H and O–H groups in total. The third kappa shape index (κ3) is 4.60. The average Bonchev–Trinajstić information content (AvgIpc) is 2.76. The van der Waals surface area contributed by atoms with Crippen LogP contribution >= 0.6 is 11.6 Å². The van der Waals surface area contributed by atoms with E-state index in [0.717, 1.165) is 4.31 Å². The van der Waals surface area contributed by atoms with Gasteiger partial charge in [0.1, 0.15) is 5.69 Å². The molecule has 1 heterocycles. The van der Waals surface area contributed by atoms with E-state index in [-0.39, 0.29) is 24.4 Å². The van der Waals surface area contributed by atoms with Crippen LogP contribution in [0.4, 0.5) is 27.6 Å². The average molecular weight is 484 g/mol. The van der Waals surface area contributed by atoms with Crippen LogP contribution in [0.2, 0.25) is 5.02 Å². The minimum absolute atomic E-state index is 0.0301. The van der Waals surface area contributed by atoms with Crippen LogP contribution in [0.25, 0.3) is 0 Å². The highest BCUT2D eigenvalue weighted by Crippen LogP contribution is 2.27. The van der Waals surface area contributed by atoms with Crippen LogP contribution in [-0.2, 0) is 14.8 Å². The van der Waals surface area contributed by atoms with Crippen LogP contribution in [0.5, 0.6) is 0 Å². The number of sulfonamides is 1. The van der Waals surface area contributed by atoms with Gasteiger partial charge in [0.15, 0.2) is 23.3 Å². The molecule has 13 heteroatoms. The quantitative estimate of drug-likeness (QED) is 0.295. The van der Waals surface area contributed by atoms with E-state index in [1.54, 1.807) is 5.43 Å². The Bertz CT molecular complexity index is 1090. The standard InChI is InChI=1S/C18H15ClF5N3O3S/c19-10-3-5-11(6-4-10)31(29,30)27-7-1-2-9(8-27)18(28)26-25-17-15(23)13(21)12(20)14(22)16(17)24/h3-6,9,25H,1-2,7-8H2,(H,26,28). The SMILES string of the molecule is O=C(NNc1c(F)c(F)c(F)c(F)c1F)C1CCCN(S(=O)(=O)c2ccc(Cl)cc2)C1. The van der Waals surface area contributed by atoms with Gasteiger partial charge in [-0.15, -0.1) is 0 Å².